The van der Waals surface area contributed by atoms with E-state index >= 15 is 0 Å². The molecule has 0 aliphatic rings. The fourth-order valence-electron chi connectivity index (χ4n) is 1.90. The van der Waals surface area contributed by atoms with Crippen molar-refractivity contribution in [1.82, 2.24) is 9.97 Å². The number of aromatic nitrogens is 2. The Kier molecular flexibility index (Phi) is 5.87. The summed E-state index contributed by atoms with van der Waals surface area (Å²) in [5.41, 5.74) is 2.52. The second-order valence-corrected chi connectivity index (χ2v) is 5.60. The van der Waals surface area contributed by atoms with Gasteiger partial charge in [0, 0.05) is 11.8 Å². The van der Waals surface area contributed by atoms with E-state index in [0.717, 1.165) is 17.7 Å². The summed E-state index contributed by atoms with van der Waals surface area (Å²) < 4.78 is 5.74. The van der Waals surface area contributed by atoms with Gasteiger partial charge in [0.1, 0.15) is 0 Å². The molecule has 0 fully saturated rings. The molecule has 0 amide bonds. The minimum atomic E-state index is 0.503. The fraction of sp³-hybridized carbons (Fsp3) is 0.316. The van der Waals surface area contributed by atoms with Gasteiger partial charge in [-0.15, -0.1) is 0 Å². The number of nitriles is 1. The Morgan fingerprint density at radius 1 is 1.22 bits per heavy atom. The summed E-state index contributed by atoms with van der Waals surface area (Å²) in [4.78, 5) is 8.82. The molecule has 4 heteroatoms. The van der Waals surface area contributed by atoms with Crippen LogP contribution >= 0.6 is 0 Å². The second kappa shape index (κ2) is 8.09. The standard InChI is InChI=1S/C19H21N3O/c1-4-14(2)13-23-19-11-15(3)21-18(22-19)10-9-16-5-7-17(12-20)8-6-16/h5-11,14H,4,13H2,1-3H3. The normalized spacial score (nSPS) is 12.1. The van der Waals surface area contributed by atoms with Crippen LogP contribution in [-0.2, 0) is 0 Å². The Balaban J connectivity index is 2.11. The number of nitrogens with zero attached hydrogens (tertiary/aromatic N) is 3. The highest BCUT2D eigenvalue weighted by atomic mass is 16.5. The van der Waals surface area contributed by atoms with Crippen molar-refractivity contribution in [3.05, 3.63) is 53.0 Å². The number of ether oxygens (including phenoxy) is 1. The molecule has 1 heterocycles. The minimum absolute atomic E-state index is 0.503. The van der Waals surface area contributed by atoms with Gasteiger partial charge in [-0.3, -0.25) is 0 Å². The van der Waals surface area contributed by atoms with Crippen molar-refractivity contribution in [3.8, 4) is 11.9 Å². The van der Waals surface area contributed by atoms with Gasteiger partial charge in [-0.2, -0.15) is 10.2 Å². The van der Waals surface area contributed by atoms with E-state index in [-0.39, 0.29) is 0 Å². The number of hydrogen-bond acceptors (Lipinski definition) is 4. The van der Waals surface area contributed by atoms with Crippen molar-refractivity contribution in [1.29, 1.82) is 5.26 Å². The molecule has 0 aliphatic heterocycles. The van der Waals surface area contributed by atoms with Crippen molar-refractivity contribution in [2.45, 2.75) is 27.2 Å². The molecule has 0 bridgehead atoms. The van der Waals surface area contributed by atoms with Crippen LogP contribution in [-0.4, -0.2) is 16.6 Å². The van der Waals surface area contributed by atoms with Crippen LogP contribution in [0.1, 0.15) is 42.9 Å². The topological polar surface area (TPSA) is 58.8 Å². The van der Waals surface area contributed by atoms with Crippen LogP contribution in [0, 0.1) is 24.2 Å². The average Bonchev–Trinajstić information content (AvgIpc) is 2.58. The molecule has 0 saturated heterocycles. The summed E-state index contributed by atoms with van der Waals surface area (Å²) in [7, 11) is 0. The summed E-state index contributed by atoms with van der Waals surface area (Å²) in [5, 5.41) is 8.80. The van der Waals surface area contributed by atoms with Gasteiger partial charge >= 0.3 is 0 Å². The molecule has 1 aromatic heterocycles. The van der Waals surface area contributed by atoms with Crippen molar-refractivity contribution in [2.75, 3.05) is 6.61 Å². The van der Waals surface area contributed by atoms with Gasteiger partial charge in [-0.1, -0.05) is 38.5 Å². The number of aryl methyl sites for hydroxylation is 1. The van der Waals surface area contributed by atoms with E-state index in [2.05, 4.69) is 29.9 Å². The quantitative estimate of drug-likeness (QED) is 0.800. The first-order valence-electron chi connectivity index (χ1n) is 7.77. The summed E-state index contributed by atoms with van der Waals surface area (Å²) >= 11 is 0. The van der Waals surface area contributed by atoms with Crippen LogP contribution in [0.25, 0.3) is 12.2 Å². The Bertz CT molecular complexity index is 714. The minimum Gasteiger partial charge on any atom is -0.477 e. The molecule has 2 rings (SSSR count). The summed E-state index contributed by atoms with van der Waals surface area (Å²) in [6.07, 6.45) is 4.86. The molecule has 0 N–H and O–H groups in total. The predicted molar refractivity (Wildman–Crippen MR) is 91.8 cm³/mol. The largest absolute Gasteiger partial charge is 0.477 e. The van der Waals surface area contributed by atoms with Crippen LogP contribution < -0.4 is 4.74 Å². The van der Waals surface area contributed by atoms with E-state index in [1.165, 1.54) is 0 Å². The molecular weight excluding hydrogens is 286 g/mol. The number of benzene rings is 1. The molecule has 23 heavy (non-hydrogen) atoms. The van der Waals surface area contributed by atoms with Crippen LogP contribution in [0.5, 0.6) is 5.88 Å². The zero-order chi connectivity index (χ0) is 16.7. The van der Waals surface area contributed by atoms with E-state index in [9.17, 15) is 0 Å². The smallest absolute Gasteiger partial charge is 0.217 e. The molecule has 4 nitrogen and oxygen atoms in total. The molecule has 0 spiro atoms. The molecule has 1 unspecified atom stereocenters. The molecular formula is C19H21N3O. The second-order valence-electron chi connectivity index (χ2n) is 5.60. The Hall–Kier alpha value is -2.67. The van der Waals surface area contributed by atoms with Crippen molar-refractivity contribution in [3.63, 3.8) is 0 Å². The maximum Gasteiger partial charge on any atom is 0.217 e. The van der Waals surface area contributed by atoms with E-state index in [1.807, 2.05) is 37.3 Å². The van der Waals surface area contributed by atoms with Gasteiger partial charge in [0.05, 0.1) is 18.2 Å². The highest BCUT2D eigenvalue weighted by Gasteiger charge is 2.04. The van der Waals surface area contributed by atoms with Crippen molar-refractivity contribution in [2.24, 2.45) is 5.92 Å². The Labute approximate surface area is 137 Å². The maximum absolute atomic E-state index is 8.80. The molecule has 118 valence electrons. The first-order chi connectivity index (χ1) is 11.1. The van der Waals surface area contributed by atoms with E-state index in [0.29, 0.717) is 29.8 Å². The highest BCUT2D eigenvalue weighted by molar-refractivity contribution is 5.67. The third-order valence-corrected chi connectivity index (χ3v) is 3.53. The van der Waals surface area contributed by atoms with Gasteiger partial charge < -0.3 is 4.74 Å². The lowest BCUT2D eigenvalue weighted by atomic mass is 10.1. The van der Waals surface area contributed by atoms with Gasteiger partial charge in [-0.25, -0.2) is 4.98 Å². The molecule has 0 aliphatic carbocycles. The van der Waals surface area contributed by atoms with Gasteiger partial charge in [-0.05, 0) is 36.6 Å². The molecule has 1 aromatic carbocycles. The highest BCUT2D eigenvalue weighted by Crippen LogP contribution is 2.13. The SMILES string of the molecule is CCC(C)COc1cc(C)nc(C=Cc2ccc(C#N)cc2)n1. The van der Waals surface area contributed by atoms with E-state index < -0.39 is 0 Å². The van der Waals surface area contributed by atoms with Gasteiger partial charge in [0.15, 0.2) is 5.82 Å². The van der Waals surface area contributed by atoms with Crippen LogP contribution in [0.4, 0.5) is 0 Å². The van der Waals surface area contributed by atoms with E-state index in [1.54, 1.807) is 12.1 Å². The van der Waals surface area contributed by atoms with E-state index in [4.69, 9.17) is 10.00 Å². The monoisotopic (exact) mass is 307 g/mol. The lowest BCUT2D eigenvalue weighted by Crippen LogP contribution is -2.09. The van der Waals surface area contributed by atoms with Gasteiger partial charge in [0.2, 0.25) is 5.88 Å². The van der Waals surface area contributed by atoms with Crippen LogP contribution in [0.3, 0.4) is 0 Å². The number of rotatable bonds is 6. The number of hydrogen-bond donors (Lipinski definition) is 0. The summed E-state index contributed by atoms with van der Waals surface area (Å²) in [6.45, 7) is 6.88. The first kappa shape index (κ1) is 16.7. The Morgan fingerprint density at radius 3 is 2.61 bits per heavy atom. The zero-order valence-electron chi connectivity index (χ0n) is 13.8. The van der Waals surface area contributed by atoms with Crippen molar-refractivity contribution < 1.29 is 4.74 Å². The molecule has 1 atom stereocenters. The van der Waals surface area contributed by atoms with Crippen LogP contribution in [0.15, 0.2) is 30.3 Å². The molecule has 0 saturated carbocycles. The first-order valence-corrected chi connectivity index (χ1v) is 7.77. The average molecular weight is 307 g/mol. The van der Waals surface area contributed by atoms with Gasteiger partial charge in [0.25, 0.3) is 0 Å². The van der Waals surface area contributed by atoms with Crippen LogP contribution in [0.2, 0.25) is 0 Å². The fourth-order valence-corrected chi connectivity index (χ4v) is 1.90. The summed E-state index contributed by atoms with van der Waals surface area (Å²) in [6, 6.07) is 11.3. The predicted octanol–water partition coefficient (Wildman–Crippen LogP) is 4.25. The van der Waals surface area contributed by atoms with Crippen molar-refractivity contribution >= 4 is 12.2 Å². The molecule has 2 aromatic rings. The summed E-state index contributed by atoms with van der Waals surface area (Å²) in [5.74, 6) is 1.73. The lowest BCUT2D eigenvalue weighted by molar-refractivity contribution is 0.247. The maximum atomic E-state index is 8.80. The Morgan fingerprint density at radius 2 is 1.96 bits per heavy atom. The third kappa shape index (κ3) is 5.23. The third-order valence-electron chi connectivity index (χ3n) is 3.53. The lowest BCUT2D eigenvalue weighted by Gasteiger charge is -2.10. The zero-order valence-corrected chi connectivity index (χ0v) is 13.8. The molecule has 0 radical (unpaired) electrons.